The van der Waals surface area contributed by atoms with E-state index in [2.05, 4.69) is 25.3 Å². The van der Waals surface area contributed by atoms with Crippen molar-refractivity contribution >= 4 is 27.9 Å². The third kappa shape index (κ3) is 3.03. The summed E-state index contributed by atoms with van der Waals surface area (Å²) in [5, 5.41) is 4.20. The third-order valence-electron chi connectivity index (χ3n) is 6.03. The number of nitrogens with one attached hydrogen (secondary N) is 2. The number of aromatic amines is 1. The van der Waals surface area contributed by atoms with Crippen LogP contribution in [0.5, 0.6) is 0 Å². The van der Waals surface area contributed by atoms with Gasteiger partial charge in [0.25, 0.3) is 5.56 Å². The summed E-state index contributed by atoms with van der Waals surface area (Å²) < 4.78 is 1.75. The zero-order valence-electron chi connectivity index (χ0n) is 17.5. The summed E-state index contributed by atoms with van der Waals surface area (Å²) in [6.07, 6.45) is 5.22. The number of aromatic nitrogens is 6. The van der Waals surface area contributed by atoms with Gasteiger partial charge in [-0.3, -0.25) is 9.36 Å². The first-order chi connectivity index (χ1) is 15.7. The molecule has 1 atom stereocenters. The Kier molecular flexibility index (Phi) is 4.24. The van der Waals surface area contributed by atoms with Gasteiger partial charge in [0, 0.05) is 0 Å². The Morgan fingerprint density at radius 2 is 1.91 bits per heavy atom. The maximum absolute atomic E-state index is 13.8. The summed E-state index contributed by atoms with van der Waals surface area (Å²) in [4.78, 5) is 34.8. The predicted molar refractivity (Wildman–Crippen MR) is 123 cm³/mol. The predicted octanol–water partition coefficient (Wildman–Crippen LogP) is 3.92. The van der Waals surface area contributed by atoms with E-state index >= 15 is 0 Å². The number of hydrogen-bond acceptors (Lipinski definition) is 6. The average Bonchev–Trinajstić information content (AvgIpc) is 3.53. The molecule has 8 heteroatoms. The van der Waals surface area contributed by atoms with Crippen LogP contribution in [0.1, 0.15) is 30.3 Å². The van der Waals surface area contributed by atoms with Gasteiger partial charge in [0.2, 0.25) is 0 Å². The van der Waals surface area contributed by atoms with Crippen LogP contribution in [0.25, 0.3) is 27.8 Å². The number of anilines is 1. The van der Waals surface area contributed by atoms with Crippen molar-refractivity contribution in [1.29, 1.82) is 0 Å². The molecule has 6 rings (SSSR count). The highest BCUT2D eigenvalue weighted by Gasteiger charge is 2.36. The van der Waals surface area contributed by atoms with Crippen molar-refractivity contribution in [2.24, 2.45) is 5.92 Å². The number of hydrogen-bond donors (Lipinski definition) is 2. The molecule has 1 aliphatic rings. The molecule has 0 bridgehead atoms. The molecule has 0 saturated heterocycles. The highest BCUT2D eigenvalue weighted by atomic mass is 16.1. The number of fused-ring (bicyclic) bond motifs is 2. The van der Waals surface area contributed by atoms with Gasteiger partial charge in [0.05, 0.1) is 29.0 Å². The van der Waals surface area contributed by atoms with Crippen LogP contribution >= 0.6 is 0 Å². The molecule has 32 heavy (non-hydrogen) atoms. The van der Waals surface area contributed by atoms with Crippen LogP contribution < -0.4 is 10.9 Å². The van der Waals surface area contributed by atoms with Crippen LogP contribution in [0.2, 0.25) is 0 Å². The van der Waals surface area contributed by atoms with E-state index in [4.69, 9.17) is 4.98 Å². The largest absolute Gasteiger partial charge is 0.358 e. The first-order valence-corrected chi connectivity index (χ1v) is 10.7. The zero-order valence-corrected chi connectivity index (χ0v) is 17.5. The van der Waals surface area contributed by atoms with E-state index in [0.29, 0.717) is 34.1 Å². The van der Waals surface area contributed by atoms with Gasteiger partial charge in [0.1, 0.15) is 17.7 Å². The van der Waals surface area contributed by atoms with Crippen LogP contribution in [-0.2, 0) is 0 Å². The van der Waals surface area contributed by atoms with Gasteiger partial charge >= 0.3 is 0 Å². The van der Waals surface area contributed by atoms with Crippen molar-refractivity contribution < 1.29 is 0 Å². The standard InChI is InChI=1S/C24H21N7O/c1-14-6-5-9-17-18(14)24(32)31(16-7-3-2-4-8-16)23(29-17)19(15-10-11-15)30-22-20-21(26-12-25-20)27-13-28-22/h2-9,12-13,15,19H,10-11H2,1H3,(H2,25,26,27,28,30)/t19-/m0/s1. The van der Waals surface area contributed by atoms with E-state index in [0.717, 1.165) is 29.6 Å². The van der Waals surface area contributed by atoms with Crippen molar-refractivity contribution in [3.63, 3.8) is 0 Å². The average molecular weight is 423 g/mol. The highest BCUT2D eigenvalue weighted by Crippen LogP contribution is 2.43. The van der Waals surface area contributed by atoms with Crippen LogP contribution in [0.15, 0.2) is 66.0 Å². The molecular formula is C24H21N7O. The fourth-order valence-electron chi connectivity index (χ4n) is 4.29. The molecule has 0 spiro atoms. The number of nitrogens with zero attached hydrogens (tertiary/aromatic N) is 5. The van der Waals surface area contributed by atoms with Gasteiger partial charge in [-0.25, -0.2) is 19.9 Å². The normalized spacial score (nSPS) is 14.7. The van der Waals surface area contributed by atoms with E-state index in [1.165, 1.54) is 6.33 Å². The number of imidazole rings is 1. The fraction of sp³-hybridized carbons (Fsp3) is 0.208. The molecule has 158 valence electrons. The maximum atomic E-state index is 13.8. The molecule has 0 aliphatic heterocycles. The third-order valence-corrected chi connectivity index (χ3v) is 6.03. The van der Waals surface area contributed by atoms with Gasteiger partial charge in [-0.1, -0.05) is 30.3 Å². The molecule has 2 aromatic carbocycles. The molecule has 1 fully saturated rings. The molecule has 0 amide bonds. The second-order valence-corrected chi connectivity index (χ2v) is 8.20. The number of H-pyrrole nitrogens is 1. The number of benzene rings is 2. The van der Waals surface area contributed by atoms with Crippen molar-refractivity contribution in [1.82, 2.24) is 29.5 Å². The fourth-order valence-corrected chi connectivity index (χ4v) is 4.29. The van der Waals surface area contributed by atoms with E-state index < -0.39 is 0 Å². The molecule has 0 radical (unpaired) electrons. The molecule has 3 heterocycles. The lowest BCUT2D eigenvalue weighted by atomic mass is 10.1. The molecule has 0 unspecified atom stereocenters. The Balaban J connectivity index is 1.59. The van der Waals surface area contributed by atoms with Crippen LogP contribution in [-0.4, -0.2) is 29.5 Å². The van der Waals surface area contributed by atoms with Gasteiger partial charge in [0.15, 0.2) is 11.5 Å². The Morgan fingerprint density at radius 3 is 2.72 bits per heavy atom. The summed E-state index contributed by atoms with van der Waals surface area (Å²) in [6.45, 7) is 1.95. The summed E-state index contributed by atoms with van der Waals surface area (Å²) in [7, 11) is 0. The first-order valence-electron chi connectivity index (χ1n) is 10.7. The summed E-state index contributed by atoms with van der Waals surface area (Å²) >= 11 is 0. The lowest BCUT2D eigenvalue weighted by Crippen LogP contribution is -2.29. The first kappa shape index (κ1) is 18.7. The zero-order chi connectivity index (χ0) is 21.7. The van der Waals surface area contributed by atoms with E-state index in [1.807, 2.05) is 55.5 Å². The maximum Gasteiger partial charge on any atom is 0.266 e. The van der Waals surface area contributed by atoms with Crippen molar-refractivity contribution in [2.45, 2.75) is 25.8 Å². The van der Waals surface area contributed by atoms with Crippen molar-refractivity contribution in [3.05, 3.63) is 82.9 Å². The monoisotopic (exact) mass is 423 g/mol. The SMILES string of the molecule is Cc1cccc2nc([C@@H](Nc3ncnc4nc[nH]c34)C3CC3)n(-c3ccccc3)c(=O)c12. The molecule has 3 aromatic heterocycles. The molecule has 5 aromatic rings. The van der Waals surface area contributed by atoms with Crippen LogP contribution in [0, 0.1) is 12.8 Å². The van der Waals surface area contributed by atoms with E-state index in [-0.39, 0.29) is 11.6 Å². The lowest BCUT2D eigenvalue weighted by Gasteiger charge is -2.23. The molecule has 1 aliphatic carbocycles. The minimum Gasteiger partial charge on any atom is -0.358 e. The van der Waals surface area contributed by atoms with Crippen LogP contribution in [0.4, 0.5) is 5.82 Å². The highest BCUT2D eigenvalue weighted by molar-refractivity contribution is 5.83. The minimum atomic E-state index is -0.186. The molecule has 8 nitrogen and oxygen atoms in total. The molecule has 1 saturated carbocycles. The molecule has 2 N–H and O–H groups in total. The summed E-state index contributed by atoms with van der Waals surface area (Å²) in [5.74, 6) is 1.70. The Labute approximate surface area is 183 Å². The quantitative estimate of drug-likeness (QED) is 0.444. The van der Waals surface area contributed by atoms with Gasteiger partial charge in [-0.05, 0) is 49.4 Å². The second-order valence-electron chi connectivity index (χ2n) is 8.20. The van der Waals surface area contributed by atoms with Crippen molar-refractivity contribution in [2.75, 3.05) is 5.32 Å². The number of aryl methyl sites for hydroxylation is 1. The van der Waals surface area contributed by atoms with E-state index in [1.54, 1.807) is 10.9 Å². The summed E-state index contributed by atoms with van der Waals surface area (Å²) in [5.41, 5.74) is 3.70. The van der Waals surface area contributed by atoms with Gasteiger partial charge in [-0.2, -0.15) is 0 Å². The lowest BCUT2D eigenvalue weighted by molar-refractivity contribution is 0.609. The van der Waals surface area contributed by atoms with Gasteiger partial charge in [-0.15, -0.1) is 0 Å². The minimum absolute atomic E-state index is 0.0591. The smallest absolute Gasteiger partial charge is 0.266 e. The van der Waals surface area contributed by atoms with Crippen LogP contribution in [0.3, 0.4) is 0 Å². The second kappa shape index (κ2) is 7.26. The van der Waals surface area contributed by atoms with E-state index in [9.17, 15) is 4.79 Å². The number of rotatable bonds is 5. The molecular weight excluding hydrogens is 402 g/mol. The Bertz CT molecular complexity index is 1500. The number of para-hydroxylation sites is 1. The topological polar surface area (TPSA) is 101 Å². The Morgan fingerprint density at radius 1 is 1.06 bits per heavy atom. The van der Waals surface area contributed by atoms with Gasteiger partial charge < -0.3 is 10.3 Å². The Hall–Kier alpha value is -4.07. The summed E-state index contributed by atoms with van der Waals surface area (Å²) in [6, 6.07) is 15.3. The van der Waals surface area contributed by atoms with Crippen molar-refractivity contribution in [3.8, 4) is 5.69 Å².